The summed E-state index contributed by atoms with van der Waals surface area (Å²) in [7, 11) is 0. The van der Waals surface area contributed by atoms with Crippen LogP contribution in [0.4, 0.5) is 0 Å². The fraction of sp³-hybridized carbons (Fsp3) is 0.750. The molecule has 2 aliphatic carbocycles. The van der Waals surface area contributed by atoms with Crippen molar-refractivity contribution in [3.8, 4) is 0 Å². The number of hydrogen-bond acceptors (Lipinski definition) is 3. The Balaban J connectivity index is 2.17. The van der Waals surface area contributed by atoms with Crippen LogP contribution in [0.1, 0.15) is 32.6 Å². The molecule has 0 radical (unpaired) electrons. The maximum atomic E-state index is 11.7. The summed E-state index contributed by atoms with van der Waals surface area (Å²) < 4.78 is 5.06. The summed E-state index contributed by atoms with van der Waals surface area (Å²) in [6.45, 7) is 2.41. The third kappa shape index (κ3) is 1.69. The molecule has 84 valence electrons. The van der Waals surface area contributed by atoms with Gasteiger partial charge in [0.15, 0.2) is 0 Å². The Kier molecular flexibility index (Phi) is 2.83. The lowest BCUT2D eigenvalue weighted by molar-refractivity contribution is -0.139. The zero-order valence-corrected chi connectivity index (χ0v) is 9.16. The summed E-state index contributed by atoms with van der Waals surface area (Å²) in [4.78, 5) is 11.7. The van der Waals surface area contributed by atoms with Gasteiger partial charge in [-0.2, -0.15) is 0 Å². The smallest absolute Gasteiger partial charge is 0.334 e. The Bertz CT molecular complexity index is 295. The van der Waals surface area contributed by atoms with Crippen LogP contribution >= 0.6 is 0 Å². The van der Waals surface area contributed by atoms with Crippen molar-refractivity contribution in [2.24, 2.45) is 11.3 Å². The first-order valence-corrected chi connectivity index (χ1v) is 5.72. The molecule has 0 heterocycles. The highest BCUT2D eigenvalue weighted by Gasteiger charge is 2.48. The number of rotatable bonds is 4. The molecule has 2 aliphatic rings. The molecule has 15 heavy (non-hydrogen) atoms. The predicted molar refractivity (Wildman–Crippen MR) is 56.2 cm³/mol. The number of fused-ring (bicyclic) bond motifs is 2. The van der Waals surface area contributed by atoms with Gasteiger partial charge in [-0.15, -0.1) is 0 Å². The van der Waals surface area contributed by atoms with Crippen LogP contribution in [0.5, 0.6) is 0 Å². The molecule has 2 unspecified atom stereocenters. The zero-order valence-electron chi connectivity index (χ0n) is 9.16. The van der Waals surface area contributed by atoms with Gasteiger partial charge in [-0.05, 0) is 38.5 Å². The lowest BCUT2D eigenvalue weighted by atomic mass is 9.77. The van der Waals surface area contributed by atoms with Crippen molar-refractivity contribution in [2.75, 3.05) is 13.2 Å². The van der Waals surface area contributed by atoms with E-state index >= 15 is 0 Å². The zero-order chi connectivity index (χ0) is 10.9. The van der Waals surface area contributed by atoms with Crippen molar-refractivity contribution in [2.45, 2.75) is 32.6 Å². The van der Waals surface area contributed by atoms with Gasteiger partial charge in [0.25, 0.3) is 0 Å². The molecular formula is C12H18O3. The van der Waals surface area contributed by atoms with Crippen molar-refractivity contribution in [3.63, 3.8) is 0 Å². The fourth-order valence-electron chi connectivity index (χ4n) is 3.04. The van der Waals surface area contributed by atoms with Crippen LogP contribution in [-0.2, 0) is 9.53 Å². The van der Waals surface area contributed by atoms with Gasteiger partial charge in [-0.25, -0.2) is 4.79 Å². The van der Waals surface area contributed by atoms with Crippen LogP contribution < -0.4 is 0 Å². The minimum Gasteiger partial charge on any atom is -0.463 e. The third-order valence-electron chi connectivity index (χ3n) is 3.71. The van der Waals surface area contributed by atoms with Gasteiger partial charge in [0.2, 0.25) is 0 Å². The summed E-state index contributed by atoms with van der Waals surface area (Å²) in [5, 5.41) is 9.09. The highest BCUT2D eigenvalue weighted by Crippen LogP contribution is 2.55. The molecule has 0 aromatic heterocycles. The summed E-state index contributed by atoms with van der Waals surface area (Å²) in [5.74, 6) is 0.365. The third-order valence-corrected chi connectivity index (χ3v) is 3.71. The largest absolute Gasteiger partial charge is 0.463 e. The molecule has 3 nitrogen and oxygen atoms in total. The quantitative estimate of drug-likeness (QED) is 0.718. The van der Waals surface area contributed by atoms with Crippen LogP contribution in [0.2, 0.25) is 0 Å². The van der Waals surface area contributed by atoms with Crippen molar-refractivity contribution < 1.29 is 14.6 Å². The molecule has 3 heteroatoms. The Morgan fingerprint density at radius 1 is 1.73 bits per heavy atom. The second-order valence-electron chi connectivity index (χ2n) is 4.56. The van der Waals surface area contributed by atoms with E-state index in [0.717, 1.165) is 24.8 Å². The van der Waals surface area contributed by atoms with Crippen molar-refractivity contribution >= 4 is 5.97 Å². The molecule has 0 aromatic carbocycles. The van der Waals surface area contributed by atoms with E-state index in [9.17, 15) is 4.79 Å². The number of carbonyl (C=O) groups is 1. The first kappa shape index (κ1) is 10.7. The molecule has 0 amide bonds. The van der Waals surface area contributed by atoms with Gasteiger partial charge in [0, 0.05) is 17.6 Å². The van der Waals surface area contributed by atoms with Crippen molar-refractivity contribution in [1.82, 2.24) is 0 Å². The highest BCUT2D eigenvalue weighted by atomic mass is 16.5. The minimum atomic E-state index is -0.173. The average molecular weight is 210 g/mol. The second kappa shape index (κ2) is 3.97. The predicted octanol–water partition coefficient (Wildman–Crippen LogP) is 1.66. The normalized spacial score (nSPS) is 32.9. The van der Waals surface area contributed by atoms with Crippen LogP contribution in [0.25, 0.3) is 0 Å². The number of aliphatic hydroxyl groups is 1. The Labute approximate surface area is 90.1 Å². The van der Waals surface area contributed by atoms with Gasteiger partial charge in [0.1, 0.15) is 0 Å². The molecule has 0 aromatic rings. The summed E-state index contributed by atoms with van der Waals surface area (Å²) in [6, 6.07) is 0. The number of carbonyl (C=O) groups excluding carboxylic acids is 1. The molecule has 0 aliphatic heterocycles. The standard InChI is InChI=1S/C12H18O3/c1-2-15-11(14)10-7-9-3-4-12(10,8-9)5-6-13/h7,9,13H,2-6,8H2,1H3. The van der Waals surface area contributed by atoms with Gasteiger partial charge < -0.3 is 9.84 Å². The molecular weight excluding hydrogens is 192 g/mol. The maximum Gasteiger partial charge on any atom is 0.334 e. The number of allylic oxidation sites excluding steroid dienone is 1. The number of hydrogen-bond donors (Lipinski definition) is 1. The first-order valence-electron chi connectivity index (χ1n) is 5.72. The lowest BCUT2D eigenvalue weighted by Crippen LogP contribution is -2.26. The molecule has 0 saturated heterocycles. The van der Waals surface area contributed by atoms with Crippen LogP contribution in [0, 0.1) is 11.3 Å². The minimum absolute atomic E-state index is 0.0638. The van der Waals surface area contributed by atoms with E-state index in [1.165, 1.54) is 0 Å². The molecule has 1 fully saturated rings. The van der Waals surface area contributed by atoms with Crippen LogP contribution in [-0.4, -0.2) is 24.3 Å². The van der Waals surface area contributed by atoms with E-state index in [-0.39, 0.29) is 18.0 Å². The molecule has 1 saturated carbocycles. The van der Waals surface area contributed by atoms with Gasteiger partial charge in [0.05, 0.1) is 6.61 Å². The fourth-order valence-corrected chi connectivity index (χ4v) is 3.04. The maximum absolute atomic E-state index is 11.7. The molecule has 2 bridgehead atoms. The van der Waals surface area contributed by atoms with E-state index in [1.807, 2.05) is 6.92 Å². The van der Waals surface area contributed by atoms with E-state index in [0.29, 0.717) is 18.9 Å². The highest BCUT2D eigenvalue weighted by molar-refractivity contribution is 5.91. The SMILES string of the molecule is CCOC(=O)C1=CC2CCC1(CCO)C2. The Morgan fingerprint density at radius 3 is 3.13 bits per heavy atom. The second-order valence-corrected chi connectivity index (χ2v) is 4.56. The molecule has 0 spiro atoms. The van der Waals surface area contributed by atoms with Crippen LogP contribution in [0.15, 0.2) is 11.6 Å². The number of ether oxygens (including phenoxy) is 1. The van der Waals surface area contributed by atoms with E-state index in [2.05, 4.69) is 6.08 Å². The topological polar surface area (TPSA) is 46.5 Å². The van der Waals surface area contributed by atoms with Crippen molar-refractivity contribution in [3.05, 3.63) is 11.6 Å². The van der Waals surface area contributed by atoms with Gasteiger partial charge >= 0.3 is 5.97 Å². The monoisotopic (exact) mass is 210 g/mol. The summed E-state index contributed by atoms with van der Waals surface area (Å²) >= 11 is 0. The van der Waals surface area contributed by atoms with E-state index < -0.39 is 0 Å². The van der Waals surface area contributed by atoms with Crippen LogP contribution in [0.3, 0.4) is 0 Å². The van der Waals surface area contributed by atoms with Gasteiger partial charge in [-0.1, -0.05) is 6.08 Å². The molecule has 2 atom stereocenters. The Morgan fingerprint density at radius 2 is 2.53 bits per heavy atom. The number of esters is 1. The Hall–Kier alpha value is -0.830. The lowest BCUT2D eigenvalue weighted by Gasteiger charge is -2.27. The van der Waals surface area contributed by atoms with E-state index in [1.54, 1.807) is 0 Å². The molecule has 1 N–H and O–H groups in total. The average Bonchev–Trinajstić information content (AvgIpc) is 2.75. The summed E-state index contributed by atoms with van der Waals surface area (Å²) in [5.41, 5.74) is 0.765. The number of aliphatic hydroxyl groups excluding tert-OH is 1. The first-order chi connectivity index (χ1) is 7.22. The van der Waals surface area contributed by atoms with E-state index in [4.69, 9.17) is 9.84 Å². The van der Waals surface area contributed by atoms with Gasteiger partial charge in [-0.3, -0.25) is 0 Å². The summed E-state index contributed by atoms with van der Waals surface area (Å²) in [6.07, 6.45) is 5.98. The van der Waals surface area contributed by atoms with Crippen molar-refractivity contribution in [1.29, 1.82) is 0 Å². The molecule has 2 rings (SSSR count).